The van der Waals surface area contributed by atoms with Gasteiger partial charge in [0.1, 0.15) is 17.9 Å². The minimum atomic E-state index is -1.12. The summed E-state index contributed by atoms with van der Waals surface area (Å²) in [6, 6.07) is 21.1. The Bertz CT molecular complexity index is 1120. The molecule has 0 fully saturated rings. The molecule has 0 bridgehead atoms. The van der Waals surface area contributed by atoms with Crippen molar-refractivity contribution in [1.29, 1.82) is 5.26 Å². The molecule has 0 heterocycles. The van der Waals surface area contributed by atoms with Gasteiger partial charge in [0.05, 0.1) is 16.7 Å². The van der Waals surface area contributed by atoms with Crippen LogP contribution in [0.25, 0.3) is 11.6 Å². The fourth-order valence-electron chi connectivity index (χ4n) is 2.71. The molecule has 3 rings (SSSR count). The van der Waals surface area contributed by atoms with Crippen molar-refractivity contribution in [3.8, 4) is 11.8 Å². The van der Waals surface area contributed by atoms with Gasteiger partial charge in [-0.15, -0.1) is 0 Å². The summed E-state index contributed by atoms with van der Waals surface area (Å²) in [5, 5.41) is 19.9. The molecule has 1 N–H and O–H groups in total. The van der Waals surface area contributed by atoms with Crippen LogP contribution in [-0.2, 0) is 6.61 Å². The molecule has 0 aliphatic rings. The molecule has 0 spiro atoms. The Labute approximate surface area is 178 Å². The minimum Gasteiger partial charge on any atom is -0.488 e. The van der Waals surface area contributed by atoms with Crippen LogP contribution in [0.4, 0.5) is 0 Å². The Hall–Kier alpha value is -3.26. The van der Waals surface area contributed by atoms with Crippen molar-refractivity contribution in [2.45, 2.75) is 6.61 Å². The number of carbonyl (C=O) groups is 1. The number of hydrogen-bond acceptors (Lipinski definition) is 3. The first-order valence-corrected chi connectivity index (χ1v) is 9.35. The molecule has 0 unspecified atom stereocenters. The van der Waals surface area contributed by atoms with Crippen molar-refractivity contribution in [3.05, 3.63) is 99.0 Å². The zero-order valence-electron chi connectivity index (χ0n) is 15.1. The number of ether oxygens (including phenoxy) is 1. The number of aromatic carboxylic acids is 1. The van der Waals surface area contributed by atoms with Crippen LogP contribution in [0.15, 0.2) is 66.7 Å². The molecule has 0 saturated carbocycles. The van der Waals surface area contributed by atoms with Crippen LogP contribution < -0.4 is 4.74 Å². The Morgan fingerprint density at radius 3 is 2.45 bits per heavy atom. The Morgan fingerprint density at radius 2 is 1.79 bits per heavy atom. The van der Waals surface area contributed by atoms with Crippen molar-refractivity contribution in [2.24, 2.45) is 0 Å². The van der Waals surface area contributed by atoms with E-state index in [0.717, 1.165) is 5.56 Å². The van der Waals surface area contributed by atoms with Gasteiger partial charge in [-0.1, -0.05) is 65.7 Å². The smallest absolute Gasteiger partial charge is 0.339 e. The van der Waals surface area contributed by atoms with E-state index in [9.17, 15) is 15.2 Å². The lowest BCUT2D eigenvalue weighted by atomic mass is 10.0. The van der Waals surface area contributed by atoms with Gasteiger partial charge >= 0.3 is 5.97 Å². The topological polar surface area (TPSA) is 70.3 Å². The predicted molar refractivity (Wildman–Crippen MR) is 114 cm³/mol. The van der Waals surface area contributed by atoms with Gasteiger partial charge in [-0.05, 0) is 41.5 Å². The van der Waals surface area contributed by atoms with Crippen molar-refractivity contribution in [2.75, 3.05) is 0 Å². The molecule has 0 aromatic heterocycles. The maximum Gasteiger partial charge on any atom is 0.339 e. The Morgan fingerprint density at radius 1 is 1.03 bits per heavy atom. The van der Waals surface area contributed by atoms with Crippen molar-refractivity contribution >= 4 is 40.8 Å². The minimum absolute atomic E-state index is 0.00849. The monoisotopic (exact) mass is 423 g/mol. The molecule has 3 aromatic rings. The highest BCUT2D eigenvalue weighted by Crippen LogP contribution is 2.29. The molecule has 6 heteroatoms. The largest absolute Gasteiger partial charge is 0.488 e. The number of rotatable bonds is 6. The van der Waals surface area contributed by atoms with Crippen LogP contribution in [0, 0.1) is 11.3 Å². The van der Waals surface area contributed by atoms with Gasteiger partial charge in [0.15, 0.2) is 0 Å². The highest BCUT2D eigenvalue weighted by Gasteiger charge is 2.13. The maximum atomic E-state index is 11.7. The number of nitriles is 1. The van der Waals surface area contributed by atoms with E-state index in [1.807, 2.05) is 30.3 Å². The van der Waals surface area contributed by atoms with Crippen molar-refractivity contribution < 1.29 is 14.6 Å². The summed E-state index contributed by atoms with van der Waals surface area (Å²) in [4.78, 5) is 11.7. The zero-order chi connectivity index (χ0) is 20.8. The summed E-state index contributed by atoms with van der Waals surface area (Å²) in [6.07, 6.45) is 1.57. The van der Waals surface area contributed by atoms with Gasteiger partial charge in [0, 0.05) is 10.6 Å². The number of hydrogen-bond donors (Lipinski definition) is 1. The van der Waals surface area contributed by atoms with Crippen molar-refractivity contribution in [1.82, 2.24) is 0 Å². The van der Waals surface area contributed by atoms with Crippen LogP contribution in [-0.4, -0.2) is 11.1 Å². The first kappa shape index (κ1) is 20.5. The van der Waals surface area contributed by atoms with Crippen LogP contribution in [0.3, 0.4) is 0 Å². The van der Waals surface area contributed by atoms with Gasteiger partial charge in [0.25, 0.3) is 0 Å². The first-order chi connectivity index (χ1) is 14.0. The lowest BCUT2D eigenvalue weighted by molar-refractivity contribution is 0.0691. The van der Waals surface area contributed by atoms with Crippen LogP contribution in [0.1, 0.15) is 27.0 Å². The summed E-state index contributed by atoms with van der Waals surface area (Å²) >= 11 is 12.1. The normalized spacial score (nSPS) is 11.0. The summed E-state index contributed by atoms with van der Waals surface area (Å²) in [5.41, 5.74) is 2.28. The third kappa shape index (κ3) is 5.17. The quantitative estimate of drug-likeness (QED) is 0.371. The molecule has 0 saturated heterocycles. The number of benzene rings is 3. The average molecular weight is 424 g/mol. The zero-order valence-corrected chi connectivity index (χ0v) is 16.6. The molecule has 0 aliphatic heterocycles. The SMILES string of the molecule is N#C/C(=C\c1ccc(OCc2ccccc2)c(C(=O)O)c1)c1ccc(Cl)cc1Cl. The lowest BCUT2D eigenvalue weighted by Crippen LogP contribution is -2.04. The predicted octanol–water partition coefficient (Wildman–Crippen LogP) is 6.33. The van der Waals surface area contributed by atoms with E-state index >= 15 is 0 Å². The third-order valence-electron chi connectivity index (χ3n) is 4.12. The van der Waals surface area contributed by atoms with Gasteiger partial charge in [0.2, 0.25) is 0 Å². The number of allylic oxidation sites excluding steroid dienone is 1. The molecular formula is C23H15Cl2NO3. The van der Waals surface area contributed by atoms with Crippen LogP contribution in [0.2, 0.25) is 10.0 Å². The summed E-state index contributed by atoms with van der Waals surface area (Å²) in [5.74, 6) is -0.868. The molecule has 4 nitrogen and oxygen atoms in total. The lowest BCUT2D eigenvalue weighted by Gasteiger charge is -2.10. The molecule has 0 radical (unpaired) electrons. The Balaban J connectivity index is 1.92. The van der Waals surface area contributed by atoms with E-state index in [4.69, 9.17) is 27.9 Å². The van der Waals surface area contributed by atoms with Crippen LogP contribution in [0.5, 0.6) is 5.75 Å². The number of nitrogens with zero attached hydrogens (tertiary/aromatic N) is 1. The summed E-state index contributed by atoms with van der Waals surface area (Å²) in [6.45, 7) is 0.250. The first-order valence-electron chi connectivity index (χ1n) is 8.59. The molecular weight excluding hydrogens is 409 g/mol. The highest BCUT2D eigenvalue weighted by atomic mass is 35.5. The fraction of sp³-hybridized carbons (Fsp3) is 0.0435. The fourth-order valence-corrected chi connectivity index (χ4v) is 3.22. The van der Waals surface area contributed by atoms with E-state index in [-0.39, 0.29) is 17.9 Å². The number of carboxylic acid groups (broad SMARTS) is 1. The Kier molecular flexibility index (Phi) is 6.56. The van der Waals surface area contributed by atoms with E-state index in [1.165, 1.54) is 6.07 Å². The highest BCUT2D eigenvalue weighted by molar-refractivity contribution is 6.36. The average Bonchev–Trinajstić information content (AvgIpc) is 2.72. The summed E-state index contributed by atoms with van der Waals surface area (Å²) < 4.78 is 5.69. The number of halogens is 2. The number of carboxylic acids is 1. The third-order valence-corrected chi connectivity index (χ3v) is 4.67. The van der Waals surface area contributed by atoms with E-state index < -0.39 is 5.97 Å². The molecule has 0 atom stereocenters. The summed E-state index contributed by atoms with van der Waals surface area (Å²) in [7, 11) is 0. The standard InChI is InChI=1S/C23H15Cl2NO3/c24-18-7-8-19(21(25)12-18)17(13-26)10-16-6-9-22(20(11-16)23(27)28)29-14-15-4-2-1-3-5-15/h1-12H,14H2,(H,27,28)/b17-10+. The van der Waals surface area contributed by atoms with Crippen molar-refractivity contribution in [3.63, 3.8) is 0 Å². The van der Waals surface area contributed by atoms with Gasteiger partial charge in [-0.25, -0.2) is 4.79 Å². The molecule has 144 valence electrons. The molecule has 0 aliphatic carbocycles. The molecule has 0 amide bonds. The molecule has 3 aromatic carbocycles. The van der Waals surface area contributed by atoms with Gasteiger partial charge in [-0.2, -0.15) is 5.26 Å². The maximum absolute atomic E-state index is 11.7. The molecule has 29 heavy (non-hydrogen) atoms. The van der Waals surface area contributed by atoms with E-state index in [0.29, 0.717) is 26.7 Å². The van der Waals surface area contributed by atoms with Gasteiger partial charge in [-0.3, -0.25) is 0 Å². The second-order valence-electron chi connectivity index (χ2n) is 6.13. The van der Waals surface area contributed by atoms with E-state index in [1.54, 1.807) is 36.4 Å². The second-order valence-corrected chi connectivity index (χ2v) is 6.97. The van der Waals surface area contributed by atoms with E-state index in [2.05, 4.69) is 6.07 Å². The second kappa shape index (κ2) is 9.29. The van der Waals surface area contributed by atoms with Gasteiger partial charge < -0.3 is 9.84 Å². The van der Waals surface area contributed by atoms with Crippen LogP contribution >= 0.6 is 23.2 Å².